The van der Waals surface area contributed by atoms with Crippen LogP contribution in [0.2, 0.25) is 0 Å². The Hall–Kier alpha value is -3.13. The molecule has 1 fully saturated rings. The second kappa shape index (κ2) is 8.78. The third-order valence-corrected chi connectivity index (χ3v) is 6.50. The van der Waals surface area contributed by atoms with Crippen LogP contribution in [0.4, 0.5) is 0 Å². The van der Waals surface area contributed by atoms with Gasteiger partial charge in [0.15, 0.2) is 17.1 Å². The highest BCUT2D eigenvalue weighted by Crippen LogP contribution is 2.29. The molecule has 2 aliphatic rings. The number of amides is 1. The molecule has 8 heteroatoms. The number of aryl methyl sites for hydroxylation is 2. The van der Waals surface area contributed by atoms with Gasteiger partial charge >= 0.3 is 0 Å². The van der Waals surface area contributed by atoms with Crippen molar-refractivity contribution in [1.82, 2.24) is 19.6 Å². The number of furan rings is 1. The fourth-order valence-corrected chi connectivity index (χ4v) is 4.63. The SMILES string of the molecule is COc1cccc2cc(C(=O)N3CCN(CCn4nc5c(cc4=O)CCCC5)CC3)oc12. The van der Waals surface area contributed by atoms with Gasteiger partial charge in [-0.1, -0.05) is 12.1 Å². The molecule has 3 aromatic rings. The molecule has 2 aromatic heterocycles. The van der Waals surface area contributed by atoms with Crippen LogP contribution >= 0.6 is 0 Å². The van der Waals surface area contributed by atoms with Gasteiger partial charge in [0.2, 0.25) is 0 Å². The van der Waals surface area contributed by atoms with E-state index in [9.17, 15) is 9.59 Å². The minimum absolute atomic E-state index is 0.0141. The van der Waals surface area contributed by atoms with Crippen molar-refractivity contribution in [2.45, 2.75) is 32.2 Å². The zero-order valence-electron chi connectivity index (χ0n) is 18.4. The zero-order chi connectivity index (χ0) is 22.1. The summed E-state index contributed by atoms with van der Waals surface area (Å²) in [5.41, 5.74) is 2.78. The van der Waals surface area contributed by atoms with Gasteiger partial charge in [-0.25, -0.2) is 4.68 Å². The highest BCUT2D eigenvalue weighted by molar-refractivity contribution is 5.97. The van der Waals surface area contributed by atoms with Crippen LogP contribution in [0.1, 0.15) is 34.7 Å². The fourth-order valence-electron chi connectivity index (χ4n) is 4.63. The highest BCUT2D eigenvalue weighted by Gasteiger charge is 2.25. The lowest BCUT2D eigenvalue weighted by molar-refractivity contribution is 0.0603. The first-order valence-electron chi connectivity index (χ1n) is 11.3. The van der Waals surface area contributed by atoms with Gasteiger partial charge in [0.25, 0.3) is 11.5 Å². The lowest BCUT2D eigenvalue weighted by Crippen LogP contribution is -2.49. The number of rotatable bonds is 5. The summed E-state index contributed by atoms with van der Waals surface area (Å²) in [6, 6.07) is 9.15. The van der Waals surface area contributed by atoms with Crippen molar-refractivity contribution in [1.29, 1.82) is 0 Å². The van der Waals surface area contributed by atoms with E-state index in [4.69, 9.17) is 9.15 Å². The lowest BCUT2D eigenvalue weighted by Gasteiger charge is -2.34. The van der Waals surface area contributed by atoms with Crippen LogP contribution in [0.3, 0.4) is 0 Å². The van der Waals surface area contributed by atoms with Crippen molar-refractivity contribution in [2.24, 2.45) is 0 Å². The van der Waals surface area contributed by atoms with E-state index in [1.807, 2.05) is 23.1 Å². The topological polar surface area (TPSA) is 80.8 Å². The molecule has 0 bridgehead atoms. The van der Waals surface area contributed by atoms with Crippen molar-refractivity contribution >= 4 is 16.9 Å². The number of fused-ring (bicyclic) bond motifs is 2. The van der Waals surface area contributed by atoms with E-state index < -0.39 is 0 Å². The van der Waals surface area contributed by atoms with E-state index in [1.54, 1.807) is 23.9 Å². The molecule has 1 aliphatic carbocycles. The second-order valence-corrected chi connectivity index (χ2v) is 8.51. The molecule has 0 atom stereocenters. The molecule has 1 aromatic carbocycles. The van der Waals surface area contributed by atoms with Crippen molar-refractivity contribution < 1.29 is 13.9 Å². The van der Waals surface area contributed by atoms with Gasteiger partial charge in [0.1, 0.15) is 0 Å². The Kier molecular flexibility index (Phi) is 5.70. The van der Waals surface area contributed by atoms with Crippen molar-refractivity contribution in [3.63, 3.8) is 0 Å². The third-order valence-electron chi connectivity index (χ3n) is 6.50. The molecule has 168 valence electrons. The molecule has 0 saturated carbocycles. The molecule has 3 heterocycles. The van der Waals surface area contributed by atoms with Crippen LogP contribution in [0.25, 0.3) is 11.0 Å². The molecule has 0 N–H and O–H groups in total. The Morgan fingerprint density at radius 2 is 1.91 bits per heavy atom. The standard InChI is InChI=1S/C24H28N4O4/c1-31-20-8-4-6-18-15-21(32-23(18)20)24(30)27-12-9-26(10-13-27)11-14-28-22(29)16-17-5-2-3-7-19(17)25-28/h4,6,8,15-16H,2-3,5,7,9-14H2,1H3. The number of aromatic nitrogens is 2. The van der Waals surface area contributed by atoms with Crippen molar-refractivity contribution in [3.8, 4) is 5.75 Å². The summed E-state index contributed by atoms with van der Waals surface area (Å²) in [7, 11) is 1.59. The largest absolute Gasteiger partial charge is 0.493 e. The molecule has 1 saturated heterocycles. The van der Waals surface area contributed by atoms with Gasteiger partial charge in [0.05, 0.1) is 19.3 Å². The number of methoxy groups -OCH3 is 1. The first-order valence-corrected chi connectivity index (χ1v) is 11.3. The molecular formula is C24H28N4O4. The minimum Gasteiger partial charge on any atom is -0.493 e. The minimum atomic E-state index is -0.101. The van der Waals surface area contributed by atoms with Gasteiger partial charge in [-0.2, -0.15) is 5.10 Å². The normalized spacial score (nSPS) is 16.8. The maximum absolute atomic E-state index is 13.0. The van der Waals surface area contributed by atoms with E-state index in [1.165, 1.54) is 0 Å². The summed E-state index contributed by atoms with van der Waals surface area (Å²) in [4.78, 5) is 29.4. The maximum atomic E-state index is 13.0. The fraction of sp³-hybridized carbons (Fsp3) is 0.458. The summed E-state index contributed by atoms with van der Waals surface area (Å²) in [6.45, 7) is 4.09. The van der Waals surface area contributed by atoms with Gasteiger partial charge < -0.3 is 14.1 Å². The molecule has 1 aliphatic heterocycles. The van der Waals surface area contributed by atoms with E-state index in [0.717, 1.165) is 62.0 Å². The van der Waals surface area contributed by atoms with Crippen LogP contribution in [0, 0.1) is 0 Å². The number of hydrogen-bond acceptors (Lipinski definition) is 6. The van der Waals surface area contributed by atoms with Crippen molar-refractivity contribution in [3.05, 3.63) is 57.7 Å². The second-order valence-electron chi connectivity index (χ2n) is 8.51. The van der Waals surface area contributed by atoms with Gasteiger partial charge in [0, 0.05) is 44.2 Å². The highest BCUT2D eigenvalue weighted by atomic mass is 16.5. The first kappa shape index (κ1) is 20.8. The molecule has 1 amide bonds. The number of para-hydroxylation sites is 1. The maximum Gasteiger partial charge on any atom is 0.289 e. The molecular weight excluding hydrogens is 408 g/mol. The Bertz CT molecular complexity index is 1190. The van der Waals surface area contributed by atoms with E-state index in [-0.39, 0.29) is 11.5 Å². The van der Waals surface area contributed by atoms with Crippen molar-refractivity contribution in [2.75, 3.05) is 39.8 Å². The van der Waals surface area contributed by atoms with Crippen LogP contribution in [0.5, 0.6) is 5.75 Å². The smallest absolute Gasteiger partial charge is 0.289 e. The number of hydrogen-bond donors (Lipinski definition) is 0. The van der Waals surface area contributed by atoms with Crippen LogP contribution in [0.15, 0.2) is 39.5 Å². The van der Waals surface area contributed by atoms with E-state index in [0.29, 0.717) is 36.7 Å². The lowest BCUT2D eigenvalue weighted by atomic mass is 9.97. The zero-order valence-corrected chi connectivity index (χ0v) is 18.4. The average Bonchev–Trinajstić information content (AvgIpc) is 3.27. The summed E-state index contributed by atoms with van der Waals surface area (Å²) < 4.78 is 12.7. The Balaban J connectivity index is 1.19. The molecule has 0 spiro atoms. The monoisotopic (exact) mass is 436 g/mol. The predicted molar refractivity (Wildman–Crippen MR) is 120 cm³/mol. The number of carbonyl (C=O) groups excluding carboxylic acids is 1. The summed E-state index contributed by atoms with van der Waals surface area (Å²) in [5.74, 6) is 0.857. The van der Waals surface area contributed by atoms with Crippen LogP contribution in [-0.4, -0.2) is 65.3 Å². The first-order chi connectivity index (χ1) is 15.6. The summed E-state index contributed by atoms with van der Waals surface area (Å²) in [6.07, 6.45) is 4.21. The molecule has 8 nitrogen and oxygen atoms in total. The Morgan fingerprint density at radius 1 is 1.09 bits per heavy atom. The predicted octanol–water partition coefficient (Wildman–Crippen LogP) is 2.33. The number of carbonyl (C=O) groups is 1. The van der Waals surface area contributed by atoms with E-state index in [2.05, 4.69) is 10.00 Å². The number of benzene rings is 1. The van der Waals surface area contributed by atoms with Crippen LogP contribution < -0.4 is 10.3 Å². The summed E-state index contributed by atoms with van der Waals surface area (Å²) >= 11 is 0. The number of piperazine rings is 1. The quantitative estimate of drug-likeness (QED) is 0.611. The molecule has 5 rings (SSSR count). The molecule has 0 unspecified atom stereocenters. The average molecular weight is 437 g/mol. The van der Waals surface area contributed by atoms with Gasteiger partial charge in [-0.15, -0.1) is 0 Å². The number of nitrogens with zero attached hydrogens (tertiary/aromatic N) is 4. The van der Waals surface area contributed by atoms with Crippen LogP contribution in [-0.2, 0) is 19.4 Å². The van der Waals surface area contributed by atoms with Gasteiger partial charge in [-0.05, 0) is 43.4 Å². The number of ether oxygens (including phenoxy) is 1. The molecule has 0 radical (unpaired) electrons. The van der Waals surface area contributed by atoms with Gasteiger partial charge in [-0.3, -0.25) is 14.5 Å². The Morgan fingerprint density at radius 3 is 2.72 bits per heavy atom. The third kappa shape index (κ3) is 4.02. The van der Waals surface area contributed by atoms with E-state index >= 15 is 0 Å². The molecule has 32 heavy (non-hydrogen) atoms. The Labute approximate surface area is 186 Å². The summed E-state index contributed by atoms with van der Waals surface area (Å²) in [5, 5.41) is 5.46.